The lowest BCUT2D eigenvalue weighted by Crippen LogP contribution is -2.45. The molecule has 0 atom stereocenters. The van der Waals surface area contributed by atoms with E-state index in [2.05, 4.69) is 37.1 Å². The van der Waals surface area contributed by atoms with Gasteiger partial charge >= 0.3 is 0 Å². The fraction of sp³-hybridized carbons (Fsp3) is 0.333. The summed E-state index contributed by atoms with van der Waals surface area (Å²) in [6.07, 6.45) is 3.80. The molecule has 0 aliphatic carbocycles. The van der Waals surface area contributed by atoms with E-state index < -0.39 is 0 Å². The monoisotopic (exact) mass is 322 g/mol. The summed E-state index contributed by atoms with van der Waals surface area (Å²) >= 11 is 1.49. The minimum absolute atomic E-state index is 0.0664. The third-order valence-corrected chi connectivity index (χ3v) is 5.88. The topological polar surface area (TPSA) is 51.0 Å². The number of fused-ring (bicyclic) bond motifs is 2. The van der Waals surface area contributed by atoms with Crippen LogP contribution in [0.4, 0.5) is 0 Å². The Hall–Kier alpha value is -2.14. The number of hydrogen-bond donors (Lipinski definition) is 0. The van der Waals surface area contributed by atoms with Crippen molar-refractivity contribution in [2.24, 2.45) is 4.99 Å². The molecular formula is C18H18N4S. The van der Waals surface area contributed by atoms with E-state index in [1.807, 2.05) is 36.7 Å². The zero-order chi connectivity index (χ0) is 16.2. The SMILES string of the molecule is CC1(C)N=C(c2cnc3ccccc3n2)c2sncc2C1(C)C. The molecule has 3 heterocycles. The molecule has 3 aromatic rings. The van der Waals surface area contributed by atoms with Crippen LogP contribution in [0.2, 0.25) is 0 Å². The van der Waals surface area contributed by atoms with Crippen LogP contribution in [0, 0.1) is 0 Å². The molecule has 23 heavy (non-hydrogen) atoms. The molecule has 1 aliphatic heterocycles. The Morgan fingerprint density at radius 3 is 2.48 bits per heavy atom. The molecule has 0 amide bonds. The summed E-state index contributed by atoms with van der Waals surface area (Å²) in [5, 5.41) is 0. The molecule has 1 aromatic carbocycles. The van der Waals surface area contributed by atoms with Gasteiger partial charge in [0.25, 0.3) is 0 Å². The van der Waals surface area contributed by atoms with E-state index in [1.54, 1.807) is 0 Å². The molecule has 0 saturated heterocycles. The fourth-order valence-corrected chi connectivity index (χ4v) is 3.81. The minimum atomic E-state index is -0.231. The average Bonchev–Trinajstić information content (AvgIpc) is 3.01. The van der Waals surface area contributed by atoms with Crippen LogP contribution in [0.15, 0.2) is 41.7 Å². The van der Waals surface area contributed by atoms with Crippen LogP contribution in [-0.2, 0) is 5.41 Å². The zero-order valence-electron chi connectivity index (χ0n) is 13.7. The Balaban J connectivity index is 1.95. The van der Waals surface area contributed by atoms with Crippen molar-refractivity contribution >= 4 is 28.3 Å². The molecule has 4 rings (SSSR count). The fourth-order valence-electron chi connectivity index (χ4n) is 2.90. The molecule has 0 spiro atoms. The van der Waals surface area contributed by atoms with Gasteiger partial charge in [-0.05, 0) is 37.5 Å². The highest BCUT2D eigenvalue weighted by Crippen LogP contribution is 2.44. The molecule has 2 aromatic heterocycles. The van der Waals surface area contributed by atoms with Gasteiger partial charge < -0.3 is 0 Å². The Morgan fingerprint density at radius 2 is 1.70 bits per heavy atom. The van der Waals surface area contributed by atoms with Crippen molar-refractivity contribution < 1.29 is 0 Å². The van der Waals surface area contributed by atoms with Crippen molar-refractivity contribution in [1.82, 2.24) is 14.3 Å². The van der Waals surface area contributed by atoms with Crippen molar-refractivity contribution in [3.8, 4) is 0 Å². The van der Waals surface area contributed by atoms with Gasteiger partial charge in [0.2, 0.25) is 0 Å². The average molecular weight is 322 g/mol. The van der Waals surface area contributed by atoms with Crippen LogP contribution in [0.25, 0.3) is 11.0 Å². The lowest BCUT2D eigenvalue weighted by Gasteiger charge is -2.42. The summed E-state index contributed by atoms with van der Waals surface area (Å²) in [7, 11) is 0. The number of hydrogen-bond acceptors (Lipinski definition) is 5. The molecule has 5 heteroatoms. The van der Waals surface area contributed by atoms with Crippen LogP contribution >= 0.6 is 11.5 Å². The summed E-state index contributed by atoms with van der Waals surface area (Å²) < 4.78 is 4.42. The van der Waals surface area contributed by atoms with E-state index in [-0.39, 0.29) is 11.0 Å². The van der Waals surface area contributed by atoms with Crippen molar-refractivity contribution in [1.29, 1.82) is 0 Å². The van der Waals surface area contributed by atoms with Gasteiger partial charge in [0.1, 0.15) is 11.4 Å². The van der Waals surface area contributed by atoms with Gasteiger partial charge in [0, 0.05) is 17.2 Å². The van der Waals surface area contributed by atoms with Gasteiger partial charge in [-0.25, -0.2) is 9.36 Å². The zero-order valence-corrected chi connectivity index (χ0v) is 14.5. The maximum absolute atomic E-state index is 5.04. The summed E-state index contributed by atoms with van der Waals surface area (Å²) in [5.41, 5.74) is 4.46. The van der Waals surface area contributed by atoms with E-state index in [0.717, 1.165) is 27.3 Å². The van der Waals surface area contributed by atoms with E-state index in [1.165, 1.54) is 17.1 Å². The third-order valence-electron chi connectivity index (χ3n) is 5.07. The quantitative estimate of drug-likeness (QED) is 0.680. The lowest BCUT2D eigenvalue weighted by molar-refractivity contribution is 0.304. The highest BCUT2D eigenvalue weighted by Gasteiger charge is 2.45. The maximum Gasteiger partial charge on any atom is 0.109 e. The Bertz CT molecular complexity index is 937. The number of benzene rings is 1. The van der Waals surface area contributed by atoms with Crippen molar-refractivity contribution in [3.05, 3.63) is 52.8 Å². The van der Waals surface area contributed by atoms with Crippen LogP contribution < -0.4 is 0 Å². The number of nitrogens with zero attached hydrogens (tertiary/aromatic N) is 4. The lowest BCUT2D eigenvalue weighted by atomic mass is 9.68. The smallest absolute Gasteiger partial charge is 0.109 e. The molecule has 0 radical (unpaired) electrons. The van der Waals surface area contributed by atoms with Gasteiger partial charge in [0.05, 0.1) is 27.6 Å². The van der Waals surface area contributed by atoms with E-state index in [4.69, 9.17) is 9.98 Å². The van der Waals surface area contributed by atoms with Crippen molar-refractivity contribution in [2.75, 3.05) is 0 Å². The first-order valence-corrected chi connectivity index (χ1v) is 8.45. The molecule has 0 bridgehead atoms. The maximum atomic E-state index is 5.04. The first-order chi connectivity index (χ1) is 10.9. The normalized spacial score (nSPS) is 18.5. The first kappa shape index (κ1) is 14.5. The second-order valence-electron chi connectivity index (χ2n) is 6.96. The van der Waals surface area contributed by atoms with Gasteiger partial charge in [-0.3, -0.25) is 9.98 Å². The highest BCUT2D eigenvalue weighted by molar-refractivity contribution is 7.08. The second kappa shape index (κ2) is 4.68. The van der Waals surface area contributed by atoms with E-state index in [9.17, 15) is 0 Å². The summed E-state index contributed by atoms with van der Waals surface area (Å²) in [4.78, 5) is 15.5. The summed E-state index contributed by atoms with van der Waals surface area (Å²) in [5.74, 6) is 0. The molecule has 0 N–H and O–H groups in total. The van der Waals surface area contributed by atoms with Crippen LogP contribution in [-0.4, -0.2) is 25.6 Å². The number of rotatable bonds is 1. The largest absolute Gasteiger partial charge is 0.275 e. The number of aromatic nitrogens is 3. The van der Waals surface area contributed by atoms with Gasteiger partial charge in [0.15, 0.2) is 0 Å². The highest BCUT2D eigenvalue weighted by atomic mass is 32.1. The first-order valence-electron chi connectivity index (χ1n) is 7.68. The molecule has 4 nitrogen and oxygen atoms in total. The van der Waals surface area contributed by atoms with Gasteiger partial charge in [-0.1, -0.05) is 26.0 Å². The van der Waals surface area contributed by atoms with E-state index in [0.29, 0.717) is 0 Å². The van der Waals surface area contributed by atoms with E-state index >= 15 is 0 Å². The van der Waals surface area contributed by atoms with Crippen molar-refractivity contribution in [2.45, 2.75) is 38.6 Å². The standard InChI is InChI=1S/C18H18N4S/c1-17(2)11-9-20-23-16(11)15(22-18(17,3)4)14-10-19-12-7-5-6-8-13(12)21-14/h5-10H,1-4H3. The predicted molar refractivity (Wildman–Crippen MR) is 94.4 cm³/mol. The Kier molecular flexibility index (Phi) is 2.94. The molecule has 116 valence electrons. The number of aliphatic imine (C=N–C) groups is 1. The molecule has 0 fully saturated rings. The third kappa shape index (κ3) is 2.03. The van der Waals surface area contributed by atoms with Gasteiger partial charge in [-0.15, -0.1) is 0 Å². The summed E-state index contributed by atoms with van der Waals surface area (Å²) in [6, 6.07) is 7.91. The predicted octanol–water partition coefficient (Wildman–Crippen LogP) is 3.99. The Labute approximate surface area is 139 Å². The summed E-state index contributed by atoms with van der Waals surface area (Å²) in [6.45, 7) is 8.79. The van der Waals surface area contributed by atoms with Crippen LogP contribution in [0.5, 0.6) is 0 Å². The molecule has 1 aliphatic rings. The minimum Gasteiger partial charge on any atom is -0.275 e. The molecule has 0 saturated carbocycles. The second-order valence-corrected chi connectivity index (χ2v) is 7.76. The molecule has 0 unspecified atom stereocenters. The van der Waals surface area contributed by atoms with Crippen LogP contribution in [0.3, 0.4) is 0 Å². The molecular weight excluding hydrogens is 304 g/mol. The number of para-hydroxylation sites is 2. The Morgan fingerprint density at radius 1 is 0.957 bits per heavy atom. The van der Waals surface area contributed by atoms with Crippen LogP contribution in [0.1, 0.15) is 43.8 Å². The van der Waals surface area contributed by atoms with Crippen molar-refractivity contribution in [3.63, 3.8) is 0 Å². The van der Waals surface area contributed by atoms with Gasteiger partial charge in [-0.2, -0.15) is 0 Å².